The molecular weight excluding hydrogens is 234 g/mol. The molecule has 0 fully saturated rings. The van der Waals surface area contributed by atoms with Crippen molar-refractivity contribution in [2.24, 2.45) is 5.73 Å². The second-order valence-electron chi connectivity index (χ2n) is 3.03. The molecule has 0 saturated heterocycles. The Hall–Kier alpha value is -0.580. The van der Waals surface area contributed by atoms with Crippen molar-refractivity contribution in [2.45, 2.75) is 5.75 Å². The lowest BCUT2D eigenvalue weighted by Crippen LogP contribution is -2.01. The smallest absolute Gasteiger partial charge is 0.231 e. The molecule has 15 heavy (non-hydrogen) atoms. The van der Waals surface area contributed by atoms with Gasteiger partial charge in [-0.15, -0.1) is 12.4 Å². The number of ether oxygens (including phenoxy) is 2. The fourth-order valence-corrected chi connectivity index (χ4v) is 2.03. The highest BCUT2D eigenvalue weighted by Crippen LogP contribution is 2.33. The number of thioether (sulfide) groups is 1. The van der Waals surface area contributed by atoms with Crippen LogP contribution >= 0.6 is 24.2 Å². The standard InChI is InChI=1S/C10H13NO2S.ClH/c11-3-4-14-6-8-1-2-9-10(5-8)13-7-12-9;/h1-2,5H,3-4,6-7,11H2;1H. The molecule has 0 aliphatic carbocycles. The van der Waals surface area contributed by atoms with Crippen LogP contribution in [0.15, 0.2) is 18.2 Å². The van der Waals surface area contributed by atoms with Crippen LogP contribution in [-0.2, 0) is 5.75 Å². The van der Waals surface area contributed by atoms with Crippen LogP contribution in [0.4, 0.5) is 0 Å². The predicted molar refractivity (Wildman–Crippen MR) is 65.0 cm³/mol. The monoisotopic (exact) mass is 247 g/mol. The second kappa shape index (κ2) is 6.10. The zero-order valence-corrected chi connectivity index (χ0v) is 9.90. The highest BCUT2D eigenvalue weighted by molar-refractivity contribution is 7.98. The van der Waals surface area contributed by atoms with Crippen LogP contribution in [0.25, 0.3) is 0 Å². The minimum absolute atomic E-state index is 0. The van der Waals surface area contributed by atoms with E-state index in [0.29, 0.717) is 6.79 Å². The Labute approximate surface area is 99.7 Å². The third-order valence-corrected chi connectivity index (χ3v) is 3.03. The largest absolute Gasteiger partial charge is 0.454 e. The summed E-state index contributed by atoms with van der Waals surface area (Å²) in [4.78, 5) is 0. The third kappa shape index (κ3) is 3.19. The minimum Gasteiger partial charge on any atom is -0.454 e. The molecule has 1 aromatic rings. The number of hydrogen-bond donors (Lipinski definition) is 1. The summed E-state index contributed by atoms with van der Waals surface area (Å²) < 4.78 is 10.5. The summed E-state index contributed by atoms with van der Waals surface area (Å²) in [6, 6.07) is 6.06. The van der Waals surface area contributed by atoms with Crippen molar-refractivity contribution in [1.29, 1.82) is 0 Å². The molecule has 1 heterocycles. The van der Waals surface area contributed by atoms with Crippen molar-refractivity contribution in [3.8, 4) is 11.5 Å². The van der Waals surface area contributed by atoms with Gasteiger partial charge in [0.05, 0.1) is 0 Å². The lowest BCUT2D eigenvalue weighted by atomic mass is 10.2. The molecule has 1 aliphatic rings. The first-order valence-corrected chi connectivity index (χ1v) is 5.72. The highest BCUT2D eigenvalue weighted by Gasteiger charge is 2.12. The fourth-order valence-electron chi connectivity index (χ4n) is 1.30. The first-order valence-electron chi connectivity index (χ1n) is 4.56. The van der Waals surface area contributed by atoms with Gasteiger partial charge in [0.1, 0.15) is 0 Å². The van der Waals surface area contributed by atoms with E-state index >= 15 is 0 Å². The number of halogens is 1. The van der Waals surface area contributed by atoms with Crippen LogP contribution in [0, 0.1) is 0 Å². The zero-order valence-electron chi connectivity index (χ0n) is 8.27. The molecule has 0 unspecified atom stereocenters. The van der Waals surface area contributed by atoms with Crippen molar-refractivity contribution in [2.75, 3.05) is 19.1 Å². The van der Waals surface area contributed by atoms with Gasteiger partial charge in [0, 0.05) is 18.1 Å². The SMILES string of the molecule is Cl.NCCSCc1ccc2c(c1)OCO2. The number of hydrogen-bond acceptors (Lipinski definition) is 4. The Bertz CT molecular complexity index is 322. The van der Waals surface area contributed by atoms with Crippen LogP contribution in [0.5, 0.6) is 11.5 Å². The lowest BCUT2D eigenvalue weighted by Gasteiger charge is -2.02. The molecule has 0 spiro atoms. The van der Waals surface area contributed by atoms with Gasteiger partial charge >= 0.3 is 0 Å². The van der Waals surface area contributed by atoms with Crippen LogP contribution in [-0.4, -0.2) is 19.1 Å². The number of nitrogens with two attached hydrogens (primary N) is 1. The van der Waals surface area contributed by atoms with E-state index in [0.717, 1.165) is 29.5 Å². The Morgan fingerprint density at radius 2 is 2.07 bits per heavy atom. The van der Waals surface area contributed by atoms with Gasteiger partial charge < -0.3 is 15.2 Å². The molecule has 3 nitrogen and oxygen atoms in total. The maximum Gasteiger partial charge on any atom is 0.231 e. The molecule has 1 aromatic carbocycles. The summed E-state index contributed by atoms with van der Waals surface area (Å²) in [6.07, 6.45) is 0. The van der Waals surface area contributed by atoms with Crippen molar-refractivity contribution >= 4 is 24.2 Å². The number of benzene rings is 1. The first kappa shape index (κ1) is 12.5. The molecule has 0 radical (unpaired) electrons. The third-order valence-electron chi connectivity index (χ3n) is 1.97. The van der Waals surface area contributed by atoms with E-state index in [2.05, 4.69) is 6.07 Å². The van der Waals surface area contributed by atoms with Crippen LogP contribution < -0.4 is 15.2 Å². The average Bonchev–Trinajstić information content (AvgIpc) is 2.65. The van der Waals surface area contributed by atoms with Crippen molar-refractivity contribution in [3.05, 3.63) is 23.8 Å². The van der Waals surface area contributed by atoms with E-state index in [-0.39, 0.29) is 12.4 Å². The van der Waals surface area contributed by atoms with E-state index < -0.39 is 0 Å². The fraction of sp³-hybridized carbons (Fsp3) is 0.400. The summed E-state index contributed by atoms with van der Waals surface area (Å²) in [5.74, 6) is 3.68. The first-order chi connectivity index (χ1) is 6.90. The molecule has 2 rings (SSSR count). The maximum atomic E-state index is 5.42. The van der Waals surface area contributed by atoms with Crippen molar-refractivity contribution < 1.29 is 9.47 Å². The molecule has 0 saturated carbocycles. The van der Waals surface area contributed by atoms with Crippen molar-refractivity contribution in [1.82, 2.24) is 0 Å². The summed E-state index contributed by atoms with van der Waals surface area (Å²) in [7, 11) is 0. The molecular formula is C10H14ClNO2S. The lowest BCUT2D eigenvalue weighted by molar-refractivity contribution is 0.174. The molecule has 0 bridgehead atoms. The van der Waals surface area contributed by atoms with E-state index in [1.54, 1.807) is 0 Å². The van der Waals surface area contributed by atoms with Crippen LogP contribution in [0.1, 0.15) is 5.56 Å². The van der Waals surface area contributed by atoms with Gasteiger partial charge in [-0.25, -0.2) is 0 Å². The van der Waals surface area contributed by atoms with E-state index in [9.17, 15) is 0 Å². The van der Waals surface area contributed by atoms with Gasteiger partial charge in [-0.2, -0.15) is 11.8 Å². The Kier molecular flexibility index (Phi) is 5.08. The zero-order chi connectivity index (χ0) is 9.80. The Morgan fingerprint density at radius 3 is 2.87 bits per heavy atom. The second-order valence-corrected chi connectivity index (χ2v) is 4.13. The van der Waals surface area contributed by atoms with Gasteiger partial charge in [0.2, 0.25) is 6.79 Å². The van der Waals surface area contributed by atoms with Crippen LogP contribution in [0.2, 0.25) is 0 Å². The predicted octanol–water partition coefficient (Wildman–Crippen LogP) is 2.03. The Balaban J connectivity index is 0.00000112. The number of rotatable bonds is 4. The summed E-state index contributed by atoms with van der Waals surface area (Å²) in [5, 5.41) is 0. The van der Waals surface area contributed by atoms with Gasteiger partial charge in [-0.1, -0.05) is 6.07 Å². The van der Waals surface area contributed by atoms with Gasteiger partial charge in [-0.05, 0) is 17.7 Å². The molecule has 84 valence electrons. The molecule has 0 amide bonds. The number of fused-ring (bicyclic) bond motifs is 1. The topological polar surface area (TPSA) is 44.5 Å². The molecule has 1 aliphatic heterocycles. The minimum atomic E-state index is 0. The average molecular weight is 248 g/mol. The molecule has 0 atom stereocenters. The van der Waals surface area contributed by atoms with Crippen LogP contribution in [0.3, 0.4) is 0 Å². The normalized spacial score (nSPS) is 12.3. The summed E-state index contributed by atoms with van der Waals surface area (Å²) in [5.41, 5.74) is 6.67. The maximum absolute atomic E-state index is 5.42. The van der Waals surface area contributed by atoms with Gasteiger partial charge in [0.25, 0.3) is 0 Å². The van der Waals surface area contributed by atoms with Crippen molar-refractivity contribution in [3.63, 3.8) is 0 Å². The molecule has 2 N–H and O–H groups in total. The Morgan fingerprint density at radius 1 is 1.27 bits per heavy atom. The summed E-state index contributed by atoms with van der Waals surface area (Å²) in [6.45, 7) is 1.07. The molecule has 5 heteroatoms. The van der Waals surface area contributed by atoms with E-state index in [1.807, 2.05) is 23.9 Å². The van der Waals surface area contributed by atoms with Gasteiger partial charge in [0.15, 0.2) is 11.5 Å². The van der Waals surface area contributed by atoms with E-state index in [1.165, 1.54) is 5.56 Å². The molecule has 0 aromatic heterocycles. The quantitative estimate of drug-likeness (QED) is 0.827. The van der Waals surface area contributed by atoms with Gasteiger partial charge in [-0.3, -0.25) is 0 Å². The highest BCUT2D eigenvalue weighted by atomic mass is 35.5. The summed E-state index contributed by atoms with van der Waals surface area (Å²) >= 11 is 1.83. The van der Waals surface area contributed by atoms with E-state index in [4.69, 9.17) is 15.2 Å².